The van der Waals surface area contributed by atoms with Gasteiger partial charge in [-0.3, -0.25) is 0 Å². The third-order valence-corrected chi connectivity index (χ3v) is 3.89. The molecule has 0 saturated carbocycles. The first-order chi connectivity index (χ1) is 9.71. The number of hydrogen-bond donors (Lipinski definition) is 2. The highest BCUT2D eigenvalue weighted by Crippen LogP contribution is 2.32. The van der Waals surface area contributed by atoms with Gasteiger partial charge in [-0.05, 0) is 30.8 Å². The van der Waals surface area contributed by atoms with Crippen LogP contribution >= 0.6 is 0 Å². The molecule has 0 amide bonds. The summed E-state index contributed by atoms with van der Waals surface area (Å²) in [5.74, 6) is 0.561. The predicted molar refractivity (Wildman–Crippen MR) is 77.8 cm³/mol. The van der Waals surface area contributed by atoms with Crippen LogP contribution in [0.1, 0.15) is 11.3 Å². The number of fused-ring (bicyclic) bond motifs is 1. The van der Waals surface area contributed by atoms with Crippen molar-refractivity contribution in [3.8, 4) is 0 Å². The lowest BCUT2D eigenvalue weighted by molar-refractivity contribution is 0.251. The van der Waals surface area contributed by atoms with Gasteiger partial charge in [0.1, 0.15) is 12.4 Å². The Morgan fingerprint density at radius 1 is 1.05 bits per heavy atom. The molecule has 0 unspecified atom stereocenters. The summed E-state index contributed by atoms with van der Waals surface area (Å²) in [7, 11) is 2.12. The highest BCUT2D eigenvalue weighted by molar-refractivity contribution is 5.91. The summed E-state index contributed by atoms with van der Waals surface area (Å²) < 4.78 is 5.74. The van der Waals surface area contributed by atoms with Gasteiger partial charge in [0.25, 0.3) is 0 Å². The molecule has 0 aliphatic carbocycles. The van der Waals surface area contributed by atoms with Crippen molar-refractivity contribution in [3.05, 3.63) is 29.5 Å². The van der Waals surface area contributed by atoms with E-state index < -0.39 is 0 Å². The Hall–Kier alpha value is -1.56. The fourth-order valence-corrected chi connectivity index (χ4v) is 2.70. The van der Waals surface area contributed by atoms with Crippen molar-refractivity contribution in [2.75, 3.05) is 38.1 Å². The van der Waals surface area contributed by atoms with E-state index in [2.05, 4.69) is 16.8 Å². The number of hydrogen-bond acceptors (Lipinski definition) is 5. The van der Waals surface area contributed by atoms with Crippen molar-refractivity contribution >= 4 is 16.7 Å². The SMILES string of the molecule is CN1CCN(c2cc(CO)cc3cc(CO)oc23)CC1. The van der Waals surface area contributed by atoms with Gasteiger partial charge in [0.2, 0.25) is 0 Å². The number of rotatable bonds is 3. The molecule has 5 nitrogen and oxygen atoms in total. The summed E-state index contributed by atoms with van der Waals surface area (Å²) in [6.07, 6.45) is 0. The van der Waals surface area contributed by atoms with Gasteiger partial charge in [0.05, 0.1) is 12.3 Å². The van der Waals surface area contributed by atoms with E-state index in [1.54, 1.807) is 0 Å². The zero-order chi connectivity index (χ0) is 14.1. The molecule has 2 heterocycles. The van der Waals surface area contributed by atoms with Crippen LogP contribution in [0, 0.1) is 0 Å². The molecule has 20 heavy (non-hydrogen) atoms. The van der Waals surface area contributed by atoms with E-state index in [1.807, 2.05) is 18.2 Å². The Balaban J connectivity index is 2.05. The Labute approximate surface area is 118 Å². The van der Waals surface area contributed by atoms with Crippen molar-refractivity contribution in [1.82, 2.24) is 4.90 Å². The molecular weight excluding hydrogens is 256 g/mol. The van der Waals surface area contributed by atoms with E-state index in [0.29, 0.717) is 5.76 Å². The van der Waals surface area contributed by atoms with Crippen molar-refractivity contribution < 1.29 is 14.6 Å². The molecule has 0 radical (unpaired) electrons. The molecule has 108 valence electrons. The minimum atomic E-state index is -0.106. The van der Waals surface area contributed by atoms with Crippen molar-refractivity contribution in [2.24, 2.45) is 0 Å². The maximum Gasteiger partial charge on any atom is 0.157 e. The molecule has 0 atom stereocenters. The molecule has 5 heteroatoms. The lowest BCUT2D eigenvalue weighted by Gasteiger charge is -2.34. The van der Waals surface area contributed by atoms with E-state index in [1.165, 1.54) is 0 Å². The molecule has 2 N–H and O–H groups in total. The fourth-order valence-electron chi connectivity index (χ4n) is 2.70. The third-order valence-electron chi connectivity index (χ3n) is 3.89. The van der Waals surface area contributed by atoms with Gasteiger partial charge in [-0.1, -0.05) is 0 Å². The van der Waals surface area contributed by atoms with Crippen LogP contribution in [0.2, 0.25) is 0 Å². The Kier molecular flexibility index (Phi) is 3.65. The lowest BCUT2D eigenvalue weighted by Crippen LogP contribution is -2.44. The second-order valence-corrected chi connectivity index (χ2v) is 5.35. The van der Waals surface area contributed by atoms with Crippen LogP contribution < -0.4 is 4.90 Å². The molecule has 2 aromatic rings. The van der Waals surface area contributed by atoms with E-state index in [0.717, 1.165) is 48.4 Å². The Morgan fingerprint density at radius 2 is 1.80 bits per heavy atom. The number of furan rings is 1. The van der Waals surface area contributed by atoms with Crippen LogP contribution in [0.25, 0.3) is 11.0 Å². The largest absolute Gasteiger partial charge is 0.456 e. The zero-order valence-corrected chi connectivity index (χ0v) is 11.7. The molecule has 3 rings (SSSR count). The van der Waals surface area contributed by atoms with E-state index in [4.69, 9.17) is 4.42 Å². The van der Waals surface area contributed by atoms with Gasteiger partial charge in [0.15, 0.2) is 5.58 Å². The zero-order valence-electron chi connectivity index (χ0n) is 11.7. The van der Waals surface area contributed by atoms with Gasteiger partial charge < -0.3 is 24.4 Å². The number of anilines is 1. The average Bonchev–Trinajstić information content (AvgIpc) is 2.90. The topological polar surface area (TPSA) is 60.1 Å². The molecule has 0 spiro atoms. The van der Waals surface area contributed by atoms with Crippen LogP contribution in [-0.2, 0) is 13.2 Å². The molecule has 1 aliphatic heterocycles. The van der Waals surface area contributed by atoms with Gasteiger partial charge >= 0.3 is 0 Å². The minimum absolute atomic E-state index is 0.0102. The summed E-state index contributed by atoms with van der Waals surface area (Å²) in [4.78, 5) is 4.58. The van der Waals surface area contributed by atoms with Crippen LogP contribution in [0.4, 0.5) is 5.69 Å². The van der Waals surface area contributed by atoms with Crippen molar-refractivity contribution in [3.63, 3.8) is 0 Å². The van der Waals surface area contributed by atoms with E-state index in [9.17, 15) is 10.2 Å². The smallest absolute Gasteiger partial charge is 0.157 e. The second-order valence-electron chi connectivity index (χ2n) is 5.35. The predicted octanol–water partition coefficient (Wildman–Crippen LogP) is 1.17. The molecule has 0 bridgehead atoms. The normalized spacial score (nSPS) is 17.1. The fraction of sp³-hybridized carbons (Fsp3) is 0.467. The maximum absolute atomic E-state index is 9.42. The van der Waals surface area contributed by atoms with Crippen LogP contribution in [0.3, 0.4) is 0 Å². The first-order valence-electron chi connectivity index (χ1n) is 6.92. The van der Waals surface area contributed by atoms with Gasteiger partial charge in [-0.2, -0.15) is 0 Å². The van der Waals surface area contributed by atoms with E-state index >= 15 is 0 Å². The first kappa shape index (κ1) is 13.4. The third kappa shape index (κ3) is 2.40. The lowest BCUT2D eigenvalue weighted by atomic mass is 10.1. The maximum atomic E-state index is 9.42. The quantitative estimate of drug-likeness (QED) is 0.881. The molecular formula is C15H20N2O3. The average molecular weight is 276 g/mol. The summed E-state index contributed by atoms with van der Waals surface area (Å²) in [5, 5.41) is 19.6. The standard InChI is InChI=1S/C15H20N2O3/c1-16-2-4-17(5-3-16)14-7-11(9-18)6-12-8-13(10-19)20-15(12)14/h6-8,18-19H,2-5,9-10H2,1H3. The summed E-state index contributed by atoms with van der Waals surface area (Å²) >= 11 is 0. The second kappa shape index (κ2) is 5.44. The molecule has 1 aromatic carbocycles. The van der Waals surface area contributed by atoms with Crippen molar-refractivity contribution in [2.45, 2.75) is 13.2 Å². The number of aliphatic hydroxyl groups excluding tert-OH is 2. The number of nitrogens with zero attached hydrogens (tertiary/aromatic N) is 2. The molecule has 1 saturated heterocycles. The first-order valence-corrected chi connectivity index (χ1v) is 6.92. The number of piperazine rings is 1. The number of aliphatic hydroxyl groups is 2. The van der Waals surface area contributed by atoms with Gasteiger partial charge in [0, 0.05) is 31.6 Å². The Bertz CT molecular complexity index is 600. The Morgan fingerprint density at radius 3 is 2.45 bits per heavy atom. The van der Waals surface area contributed by atoms with Crippen LogP contribution in [0.15, 0.2) is 22.6 Å². The van der Waals surface area contributed by atoms with E-state index in [-0.39, 0.29) is 13.2 Å². The molecule has 1 aliphatic rings. The highest BCUT2D eigenvalue weighted by Gasteiger charge is 2.19. The summed E-state index contributed by atoms with van der Waals surface area (Å²) in [6.45, 7) is 3.81. The monoisotopic (exact) mass is 276 g/mol. The van der Waals surface area contributed by atoms with Crippen molar-refractivity contribution in [1.29, 1.82) is 0 Å². The highest BCUT2D eigenvalue weighted by atomic mass is 16.4. The van der Waals surface area contributed by atoms with Crippen LogP contribution in [0.5, 0.6) is 0 Å². The van der Waals surface area contributed by atoms with Crippen LogP contribution in [-0.4, -0.2) is 48.3 Å². The molecule has 1 aromatic heterocycles. The number of benzene rings is 1. The summed E-state index contributed by atoms with van der Waals surface area (Å²) in [5.41, 5.74) is 2.69. The summed E-state index contributed by atoms with van der Waals surface area (Å²) in [6, 6.07) is 5.74. The van der Waals surface area contributed by atoms with Gasteiger partial charge in [-0.15, -0.1) is 0 Å². The minimum Gasteiger partial charge on any atom is -0.456 e. The number of likely N-dealkylation sites (N-methyl/N-ethyl adjacent to an activating group) is 1. The molecule has 1 fully saturated rings. The van der Waals surface area contributed by atoms with Gasteiger partial charge in [-0.25, -0.2) is 0 Å².